The van der Waals surface area contributed by atoms with Crippen molar-refractivity contribution in [1.29, 1.82) is 0 Å². The van der Waals surface area contributed by atoms with E-state index in [1.54, 1.807) is 6.07 Å². The molecular formula is C19H27N3O5. The summed E-state index contributed by atoms with van der Waals surface area (Å²) in [5.74, 6) is -0.727. The van der Waals surface area contributed by atoms with E-state index in [-0.39, 0.29) is 11.3 Å². The van der Waals surface area contributed by atoms with Gasteiger partial charge in [0.05, 0.1) is 10.5 Å². The highest BCUT2D eigenvalue weighted by atomic mass is 16.6. The third-order valence-electron chi connectivity index (χ3n) is 4.25. The zero-order valence-corrected chi connectivity index (χ0v) is 16.3. The number of nitro groups is 1. The van der Waals surface area contributed by atoms with E-state index in [4.69, 9.17) is 4.74 Å². The van der Waals surface area contributed by atoms with Crippen LogP contribution in [-0.2, 0) is 9.53 Å². The molecule has 8 heteroatoms. The summed E-state index contributed by atoms with van der Waals surface area (Å²) in [5, 5.41) is 14.2. The van der Waals surface area contributed by atoms with Gasteiger partial charge in [-0.05, 0) is 51.7 Å². The SMILES string of the molecule is C[C@@H]1CCCN(c2ccc(C(=O)OCC(=O)NC(C)(C)C)cc2[N+](=O)[O-])C1. The zero-order valence-electron chi connectivity index (χ0n) is 16.3. The van der Waals surface area contributed by atoms with Gasteiger partial charge in [0.1, 0.15) is 5.69 Å². The number of ether oxygens (including phenoxy) is 1. The fraction of sp³-hybridized carbons (Fsp3) is 0.579. The summed E-state index contributed by atoms with van der Waals surface area (Å²) in [5.41, 5.74) is 0.000481. The molecule has 1 heterocycles. The molecule has 8 nitrogen and oxygen atoms in total. The largest absolute Gasteiger partial charge is 0.452 e. The van der Waals surface area contributed by atoms with E-state index in [9.17, 15) is 19.7 Å². The Kier molecular flexibility index (Phi) is 6.41. The van der Waals surface area contributed by atoms with E-state index in [1.807, 2.05) is 25.7 Å². The topological polar surface area (TPSA) is 102 Å². The Morgan fingerprint density at radius 1 is 1.37 bits per heavy atom. The first-order valence-electron chi connectivity index (χ1n) is 9.08. The monoisotopic (exact) mass is 377 g/mol. The Morgan fingerprint density at radius 2 is 2.07 bits per heavy atom. The third-order valence-corrected chi connectivity index (χ3v) is 4.25. The van der Waals surface area contributed by atoms with Crippen molar-refractivity contribution in [2.45, 2.75) is 46.1 Å². The van der Waals surface area contributed by atoms with Gasteiger partial charge in [0.2, 0.25) is 0 Å². The van der Waals surface area contributed by atoms with E-state index in [0.29, 0.717) is 11.6 Å². The number of piperidine rings is 1. The smallest absolute Gasteiger partial charge is 0.338 e. The van der Waals surface area contributed by atoms with E-state index in [1.165, 1.54) is 12.1 Å². The van der Waals surface area contributed by atoms with Gasteiger partial charge in [-0.1, -0.05) is 6.92 Å². The average Bonchev–Trinajstić information content (AvgIpc) is 2.57. The van der Waals surface area contributed by atoms with Crippen molar-refractivity contribution in [2.75, 3.05) is 24.6 Å². The minimum atomic E-state index is -0.763. The van der Waals surface area contributed by atoms with Gasteiger partial charge in [-0.2, -0.15) is 0 Å². The van der Waals surface area contributed by atoms with Crippen LogP contribution in [0, 0.1) is 16.0 Å². The highest BCUT2D eigenvalue weighted by molar-refractivity contribution is 5.93. The molecule has 0 radical (unpaired) electrons. The molecule has 1 aromatic carbocycles. The molecule has 1 atom stereocenters. The first kappa shape index (κ1) is 20.7. The van der Waals surface area contributed by atoms with Crippen molar-refractivity contribution < 1.29 is 19.2 Å². The molecule has 0 spiro atoms. The maximum absolute atomic E-state index is 12.2. The second-order valence-electron chi connectivity index (χ2n) is 8.03. The van der Waals surface area contributed by atoms with Crippen LogP contribution in [0.5, 0.6) is 0 Å². The molecule has 1 saturated heterocycles. The number of nitrogens with zero attached hydrogens (tertiary/aromatic N) is 2. The number of benzene rings is 1. The van der Waals surface area contributed by atoms with E-state index >= 15 is 0 Å². The van der Waals surface area contributed by atoms with Gasteiger partial charge in [0.15, 0.2) is 6.61 Å². The number of esters is 1. The summed E-state index contributed by atoms with van der Waals surface area (Å²) in [6.45, 7) is 8.63. The number of carbonyl (C=O) groups is 2. The van der Waals surface area contributed by atoms with Crippen LogP contribution in [0.1, 0.15) is 50.9 Å². The van der Waals surface area contributed by atoms with E-state index < -0.39 is 28.9 Å². The number of rotatable bonds is 5. The molecular weight excluding hydrogens is 350 g/mol. The first-order chi connectivity index (χ1) is 12.6. The fourth-order valence-corrected chi connectivity index (χ4v) is 3.14. The number of hydrogen-bond acceptors (Lipinski definition) is 6. The van der Waals surface area contributed by atoms with Crippen LogP contribution in [-0.4, -0.2) is 42.0 Å². The normalized spacial score (nSPS) is 17.3. The van der Waals surface area contributed by atoms with Crippen LogP contribution in [0.25, 0.3) is 0 Å². The van der Waals surface area contributed by atoms with Crippen molar-refractivity contribution in [1.82, 2.24) is 5.32 Å². The summed E-state index contributed by atoms with van der Waals surface area (Å²) in [4.78, 5) is 37.0. The van der Waals surface area contributed by atoms with Crippen LogP contribution < -0.4 is 10.2 Å². The number of nitro benzene ring substituents is 1. The molecule has 1 fully saturated rings. The number of amides is 1. The quantitative estimate of drug-likeness (QED) is 0.481. The third kappa shape index (κ3) is 5.94. The summed E-state index contributed by atoms with van der Waals surface area (Å²) >= 11 is 0. The molecule has 27 heavy (non-hydrogen) atoms. The lowest BCUT2D eigenvalue weighted by atomic mass is 9.99. The van der Waals surface area contributed by atoms with E-state index in [0.717, 1.165) is 25.9 Å². The van der Waals surface area contributed by atoms with Gasteiger partial charge in [-0.3, -0.25) is 14.9 Å². The summed E-state index contributed by atoms with van der Waals surface area (Å²) in [6.07, 6.45) is 2.08. The van der Waals surface area contributed by atoms with Crippen molar-refractivity contribution in [3.8, 4) is 0 Å². The Hall–Kier alpha value is -2.64. The maximum atomic E-state index is 12.2. The van der Waals surface area contributed by atoms with Crippen molar-refractivity contribution >= 4 is 23.3 Å². The molecule has 1 N–H and O–H groups in total. The predicted octanol–water partition coefficient (Wildman–Crippen LogP) is 2.90. The predicted molar refractivity (Wildman–Crippen MR) is 102 cm³/mol. The van der Waals surface area contributed by atoms with Crippen LogP contribution >= 0.6 is 0 Å². The van der Waals surface area contributed by atoms with Gasteiger partial charge in [-0.15, -0.1) is 0 Å². The minimum Gasteiger partial charge on any atom is -0.452 e. The molecule has 1 aromatic rings. The Balaban J connectivity index is 2.11. The van der Waals surface area contributed by atoms with E-state index in [2.05, 4.69) is 12.2 Å². The molecule has 0 aromatic heterocycles. The van der Waals surface area contributed by atoms with Gasteiger partial charge in [0, 0.05) is 24.7 Å². The fourth-order valence-electron chi connectivity index (χ4n) is 3.14. The van der Waals surface area contributed by atoms with Crippen molar-refractivity contribution in [2.24, 2.45) is 5.92 Å². The Bertz CT molecular complexity index is 727. The molecule has 0 aliphatic carbocycles. The Labute approximate surface area is 159 Å². The van der Waals surface area contributed by atoms with Crippen molar-refractivity contribution in [3.05, 3.63) is 33.9 Å². The summed E-state index contributed by atoms with van der Waals surface area (Å²) < 4.78 is 4.99. The highest BCUT2D eigenvalue weighted by Crippen LogP contribution is 2.32. The molecule has 2 rings (SSSR count). The number of hydrogen-bond donors (Lipinski definition) is 1. The standard InChI is InChI=1S/C19H27N3O5/c1-13-6-5-9-21(11-13)15-8-7-14(10-16(15)22(25)26)18(24)27-12-17(23)20-19(2,3)4/h7-8,10,13H,5-6,9,11-12H2,1-4H3,(H,20,23)/t13-/m1/s1. The number of carbonyl (C=O) groups excluding carboxylic acids is 2. The van der Waals surface area contributed by atoms with Gasteiger partial charge in [-0.25, -0.2) is 4.79 Å². The summed E-state index contributed by atoms with van der Waals surface area (Å²) in [6, 6.07) is 4.31. The molecule has 1 amide bonds. The number of nitrogens with one attached hydrogen (secondary N) is 1. The molecule has 0 unspecified atom stereocenters. The number of anilines is 1. The Morgan fingerprint density at radius 3 is 2.67 bits per heavy atom. The maximum Gasteiger partial charge on any atom is 0.338 e. The average molecular weight is 377 g/mol. The first-order valence-corrected chi connectivity index (χ1v) is 9.08. The molecule has 0 saturated carbocycles. The van der Waals surface area contributed by atoms with Crippen LogP contribution in [0.4, 0.5) is 11.4 Å². The van der Waals surface area contributed by atoms with Gasteiger partial charge >= 0.3 is 5.97 Å². The zero-order chi connectivity index (χ0) is 20.2. The van der Waals surface area contributed by atoms with Crippen molar-refractivity contribution in [3.63, 3.8) is 0 Å². The lowest BCUT2D eigenvalue weighted by molar-refractivity contribution is -0.384. The summed E-state index contributed by atoms with van der Waals surface area (Å²) in [7, 11) is 0. The van der Waals surface area contributed by atoms with Crippen LogP contribution in [0.15, 0.2) is 18.2 Å². The molecule has 1 aliphatic heterocycles. The lowest BCUT2D eigenvalue weighted by Gasteiger charge is -2.32. The van der Waals surface area contributed by atoms with Crippen LogP contribution in [0.2, 0.25) is 0 Å². The molecule has 1 aliphatic rings. The highest BCUT2D eigenvalue weighted by Gasteiger charge is 2.26. The second kappa shape index (κ2) is 8.37. The molecule has 0 bridgehead atoms. The van der Waals surface area contributed by atoms with Gasteiger partial charge < -0.3 is 15.0 Å². The second-order valence-corrected chi connectivity index (χ2v) is 8.03. The lowest BCUT2D eigenvalue weighted by Crippen LogP contribution is -2.42. The van der Waals surface area contributed by atoms with Crippen LogP contribution in [0.3, 0.4) is 0 Å². The van der Waals surface area contributed by atoms with Gasteiger partial charge in [0.25, 0.3) is 11.6 Å². The minimum absolute atomic E-state index is 0.0547. The molecule has 148 valence electrons.